The van der Waals surface area contributed by atoms with Crippen LogP contribution in [0.2, 0.25) is 0 Å². The van der Waals surface area contributed by atoms with Crippen LogP contribution in [0.4, 0.5) is 0 Å². The van der Waals surface area contributed by atoms with Crippen LogP contribution in [0.1, 0.15) is 15.9 Å². The number of benzene rings is 2. The molecule has 0 aromatic heterocycles. The van der Waals surface area contributed by atoms with Gasteiger partial charge in [-0.15, -0.1) is 0 Å². The molecule has 0 aliphatic rings. The lowest BCUT2D eigenvalue weighted by molar-refractivity contribution is 0.0783. The molecule has 0 N–H and O–H groups in total. The predicted molar refractivity (Wildman–Crippen MR) is 94.9 cm³/mol. The number of amides is 1. The van der Waals surface area contributed by atoms with Gasteiger partial charge in [-0.25, -0.2) is 8.42 Å². The summed E-state index contributed by atoms with van der Waals surface area (Å²) in [5.41, 5.74) is 1.10. The number of hydrogen-bond donors (Lipinski definition) is 0. The zero-order valence-corrected chi connectivity index (χ0v) is 15.5. The lowest BCUT2D eigenvalue weighted by Crippen LogP contribution is -2.26. The number of para-hydroxylation sites is 1. The summed E-state index contributed by atoms with van der Waals surface area (Å²) in [7, 11) is 1.37. The van der Waals surface area contributed by atoms with Gasteiger partial charge in [-0.05, 0) is 24.3 Å². The Kier molecular flexibility index (Phi) is 5.69. The monoisotopic (exact) mass is 363 g/mol. The molecule has 0 spiro atoms. The van der Waals surface area contributed by atoms with Gasteiger partial charge in [0, 0.05) is 31.0 Å². The van der Waals surface area contributed by atoms with Gasteiger partial charge in [0.15, 0.2) is 21.3 Å². The van der Waals surface area contributed by atoms with Gasteiger partial charge in [-0.3, -0.25) is 4.79 Å². The van der Waals surface area contributed by atoms with E-state index in [1.54, 1.807) is 39.5 Å². The molecule has 6 nitrogen and oxygen atoms in total. The fraction of sp³-hybridized carbons (Fsp3) is 0.278. The highest BCUT2D eigenvalue weighted by Gasteiger charge is 2.18. The SMILES string of the molecule is COc1cccc(CN(C)C(=O)c2cccc(S(C)(=O)=O)c2)c1OC. The molecule has 0 saturated heterocycles. The van der Waals surface area contributed by atoms with Crippen molar-refractivity contribution in [3.05, 3.63) is 53.6 Å². The van der Waals surface area contributed by atoms with Crippen molar-refractivity contribution in [1.29, 1.82) is 0 Å². The summed E-state index contributed by atoms with van der Waals surface area (Å²) in [5, 5.41) is 0. The molecule has 25 heavy (non-hydrogen) atoms. The number of rotatable bonds is 6. The quantitative estimate of drug-likeness (QED) is 0.788. The number of methoxy groups -OCH3 is 2. The van der Waals surface area contributed by atoms with Crippen molar-refractivity contribution in [1.82, 2.24) is 4.90 Å². The molecule has 2 rings (SSSR count). The zero-order valence-electron chi connectivity index (χ0n) is 14.6. The van der Waals surface area contributed by atoms with Crippen LogP contribution in [0.5, 0.6) is 11.5 Å². The van der Waals surface area contributed by atoms with Gasteiger partial charge in [0.1, 0.15) is 0 Å². The van der Waals surface area contributed by atoms with Crippen molar-refractivity contribution in [3.63, 3.8) is 0 Å². The highest BCUT2D eigenvalue weighted by atomic mass is 32.2. The summed E-state index contributed by atoms with van der Waals surface area (Å²) in [5.74, 6) is 0.866. The van der Waals surface area contributed by atoms with Crippen molar-refractivity contribution in [2.24, 2.45) is 0 Å². The zero-order chi connectivity index (χ0) is 18.6. The van der Waals surface area contributed by atoms with Crippen LogP contribution < -0.4 is 9.47 Å². The molecule has 2 aromatic carbocycles. The third-order valence-corrected chi connectivity index (χ3v) is 4.86. The van der Waals surface area contributed by atoms with Crippen molar-refractivity contribution in [2.45, 2.75) is 11.4 Å². The van der Waals surface area contributed by atoms with E-state index in [0.717, 1.165) is 11.8 Å². The topological polar surface area (TPSA) is 72.9 Å². The van der Waals surface area contributed by atoms with Gasteiger partial charge in [-0.2, -0.15) is 0 Å². The minimum Gasteiger partial charge on any atom is -0.493 e. The summed E-state index contributed by atoms with van der Waals surface area (Å²) >= 11 is 0. The first-order valence-corrected chi connectivity index (χ1v) is 9.42. The van der Waals surface area contributed by atoms with E-state index in [-0.39, 0.29) is 10.8 Å². The molecule has 0 atom stereocenters. The maximum Gasteiger partial charge on any atom is 0.253 e. The Labute approximate surface area is 147 Å². The van der Waals surface area contributed by atoms with Crippen LogP contribution in [0.25, 0.3) is 0 Å². The fourth-order valence-corrected chi connectivity index (χ4v) is 3.15. The highest BCUT2D eigenvalue weighted by Crippen LogP contribution is 2.31. The standard InChI is InChI=1S/C18H21NO5S/c1-19(12-14-8-6-10-16(23-2)17(14)24-3)18(20)13-7-5-9-15(11-13)25(4,21)22/h5-11H,12H2,1-4H3. The number of ether oxygens (including phenoxy) is 2. The highest BCUT2D eigenvalue weighted by molar-refractivity contribution is 7.90. The van der Waals surface area contributed by atoms with Gasteiger partial charge in [0.2, 0.25) is 0 Å². The first-order chi connectivity index (χ1) is 11.8. The van der Waals surface area contributed by atoms with Gasteiger partial charge < -0.3 is 14.4 Å². The smallest absolute Gasteiger partial charge is 0.253 e. The average Bonchev–Trinajstić information content (AvgIpc) is 2.60. The lowest BCUT2D eigenvalue weighted by atomic mass is 10.1. The minimum absolute atomic E-state index is 0.116. The van der Waals surface area contributed by atoms with E-state index >= 15 is 0 Å². The maximum atomic E-state index is 12.6. The summed E-state index contributed by atoms with van der Waals surface area (Å²) in [6.07, 6.45) is 1.11. The van der Waals surface area contributed by atoms with Crippen molar-refractivity contribution < 1.29 is 22.7 Å². The number of nitrogens with zero attached hydrogens (tertiary/aromatic N) is 1. The second-order valence-electron chi connectivity index (χ2n) is 5.61. The summed E-state index contributed by atoms with van der Waals surface area (Å²) in [6, 6.07) is 11.4. The molecule has 0 heterocycles. The van der Waals surface area contributed by atoms with Crippen molar-refractivity contribution in [2.75, 3.05) is 27.5 Å². The molecular weight excluding hydrogens is 342 g/mol. The van der Waals surface area contributed by atoms with Gasteiger partial charge in [0.05, 0.1) is 19.1 Å². The Morgan fingerprint density at radius 3 is 2.36 bits per heavy atom. The van der Waals surface area contributed by atoms with Gasteiger partial charge in [0.25, 0.3) is 5.91 Å². The number of hydrogen-bond acceptors (Lipinski definition) is 5. The Morgan fingerprint density at radius 2 is 1.76 bits per heavy atom. The van der Waals surface area contributed by atoms with Crippen LogP contribution in [0.3, 0.4) is 0 Å². The van der Waals surface area contributed by atoms with E-state index in [0.29, 0.717) is 23.6 Å². The second kappa shape index (κ2) is 7.57. The Morgan fingerprint density at radius 1 is 1.08 bits per heavy atom. The maximum absolute atomic E-state index is 12.6. The van der Waals surface area contributed by atoms with E-state index in [1.807, 2.05) is 12.1 Å². The predicted octanol–water partition coefficient (Wildman–Crippen LogP) is 2.38. The first-order valence-electron chi connectivity index (χ1n) is 7.53. The van der Waals surface area contributed by atoms with E-state index in [1.165, 1.54) is 17.0 Å². The van der Waals surface area contributed by atoms with E-state index < -0.39 is 9.84 Å². The first kappa shape index (κ1) is 18.8. The molecule has 0 aliphatic heterocycles. The molecule has 0 saturated carbocycles. The van der Waals surface area contributed by atoms with Crippen molar-refractivity contribution in [3.8, 4) is 11.5 Å². The van der Waals surface area contributed by atoms with Crippen molar-refractivity contribution >= 4 is 15.7 Å². The van der Waals surface area contributed by atoms with Crippen LogP contribution in [-0.2, 0) is 16.4 Å². The molecule has 0 unspecified atom stereocenters. The number of carbonyl (C=O) groups excluding carboxylic acids is 1. The molecule has 0 bridgehead atoms. The van der Waals surface area contributed by atoms with Crippen LogP contribution in [0.15, 0.2) is 47.4 Å². The van der Waals surface area contributed by atoms with Gasteiger partial charge >= 0.3 is 0 Å². The third kappa shape index (κ3) is 4.30. The molecule has 1 amide bonds. The van der Waals surface area contributed by atoms with Crippen LogP contribution in [-0.4, -0.2) is 46.7 Å². The Bertz CT molecular complexity index is 877. The van der Waals surface area contributed by atoms with Crippen LogP contribution in [0, 0.1) is 0 Å². The molecular formula is C18H21NO5S. The average molecular weight is 363 g/mol. The normalized spacial score (nSPS) is 11.0. The lowest BCUT2D eigenvalue weighted by Gasteiger charge is -2.20. The molecule has 0 aliphatic carbocycles. The van der Waals surface area contributed by atoms with E-state index in [9.17, 15) is 13.2 Å². The summed E-state index contributed by atoms with van der Waals surface area (Å²) < 4.78 is 34.0. The molecule has 134 valence electrons. The largest absolute Gasteiger partial charge is 0.493 e. The number of carbonyl (C=O) groups is 1. The third-order valence-electron chi connectivity index (χ3n) is 3.75. The van der Waals surface area contributed by atoms with Gasteiger partial charge in [-0.1, -0.05) is 18.2 Å². The Balaban J connectivity index is 2.27. The molecule has 7 heteroatoms. The second-order valence-corrected chi connectivity index (χ2v) is 7.63. The van der Waals surface area contributed by atoms with E-state index in [2.05, 4.69) is 0 Å². The minimum atomic E-state index is -3.37. The fourth-order valence-electron chi connectivity index (χ4n) is 2.49. The summed E-state index contributed by atoms with van der Waals surface area (Å²) in [4.78, 5) is 14.3. The molecule has 0 fully saturated rings. The number of sulfone groups is 1. The van der Waals surface area contributed by atoms with Crippen LogP contribution >= 0.6 is 0 Å². The van der Waals surface area contributed by atoms with E-state index in [4.69, 9.17) is 9.47 Å². The molecule has 2 aromatic rings. The molecule has 0 radical (unpaired) electrons. The summed E-state index contributed by atoms with van der Waals surface area (Å²) in [6.45, 7) is 0.294. The Hall–Kier alpha value is -2.54.